The Hall–Kier alpha value is -2.77. The zero-order valence-electron chi connectivity index (χ0n) is 17.1. The molecule has 2 atom stereocenters. The van der Waals surface area contributed by atoms with Gasteiger partial charge in [-0.15, -0.1) is 5.10 Å². The fourth-order valence-electron chi connectivity index (χ4n) is 4.02. The molecule has 0 radical (unpaired) electrons. The predicted molar refractivity (Wildman–Crippen MR) is 113 cm³/mol. The summed E-state index contributed by atoms with van der Waals surface area (Å²) in [7, 11) is 1.69. The Balaban J connectivity index is 1.55. The number of carbonyl (C=O) groups excluding carboxylic acids is 1. The van der Waals surface area contributed by atoms with Gasteiger partial charge >= 0.3 is 0 Å². The second-order valence-corrected chi connectivity index (χ2v) is 7.65. The molecule has 3 aromatic rings. The number of hydrogen-bond acceptors (Lipinski definition) is 5. The quantitative estimate of drug-likeness (QED) is 0.697. The van der Waals surface area contributed by atoms with Gasteiger partial charge in [0.05, 0.1) is 24.4 Å². The maximum atomic E-state index is 13.0. The lowest BCUT2D eigenvalue weighted by molar-refractivity contribution is -0.120. The van der Waals surface area contributed by atoms with Crippen molar-refractivity contribution < 1.29 is 9.53 Å². The Morgan fingerprint density at radius 1 is 1.31 bits per heavy atom. The third kappa shape index (κ3) is 4.02. The van der Waals surface area contributed by atoms with E-state index in [0.29, 0.717) is 18.5 Å². The van der Waals surface area contributed by atoms with E-state index in [1.54, 1.807) is 17.8 Å². The number of aromatic nitrogens is 3. The first kappa shape index (κ1) is 19.5. The summed E-state index contributed by atoms with van der Waals surface area (Å²) in [5.74, 6) is 0.667. The van der Waals surface area contributed by atoms with Gasteiger partial charge in [-0.3, -0.25) is 9.69 Å². The Bertz CT molecular complexity index is 1020. The first-order chi connectivity index (χ1) is 14.1. The molecule has 0 bridgehead atoms. The molecular formula is C22H27N5O2. The first-order valence-corrected chi connectivity index (χ1v) is 10.0. The zero-order valence-corrected chi connectivity index (χ0v) is 17.1. The fourth-order valence-corrected chi connectivity index (χ4v) is 4.02. The van der Waals surface area contributed by atoms with Crippen LogP contribution in [0, 0.1) is 6.92 Å². The molecule has 1 N–H and O–H groups in total. The predicted octanol–water partition coefficient (Wildman–Crippen LogP) is 3.14. The highest BCUT2D eigenvalue weighted by Crippen LogP contribution is 2.27. The largest absolute Gasteiger partial charge is 0.383 e. The molecule has 4 rings (SSSR count). The molecule has 1 saturated heterocycles. The van der Waals surface area contributed by atoms with E-state index in [1.165, 1.54) is 0 Å². The summed E-state index contributed by atoms with van der Waals surface area (Å²) in [6, 6.07) is 10.0. The summed E-state index contributed by atoms with van der Waals surface area (Å²) >= 11 is 0. The Labute approximate surface area is 170 Å². The molecule has 0 spiro atoms. The van der Waals surface area contributed by atoms with Gasteiger partial charge in [0.1, 0.15) is 0 Å². The average molecular weight is 393 g/mol. The number of benzene rings is 1. The van der Waals surface area contributed by atoms with Gasteiger partial charge < -0.3 is 10.1 Å². The second kappa shape index (κ2) is 8.31. The molecule has 7 nitrogen and oxygen atoms in total. The van der Waals surface area contributed by atoms with Gasteiger partial charge in [0.2, 0.25) is 5.91 Å². The van der Waals surface area contributed by atoms with Gasteiger partial charge in [0.15, 0.2) is 5.82 Å². The fraction of sp³-hybridized carbons (Fsp3) is 0.409. The van der Waals surface area contributed by atoms with Gasteiger partial charge in [0.25, 0.3) is 0 Å². The molecule has 3 heterocycles. The molecule has 1 unspecified atom stereocenters. The number of nitrogens with zero attached hydrogens (tertiary/aromatic N) is 4. The van der Waals surface area contributed by atoms with Crippen molar-refractivity contribution in [3.63, 3.8) is 0 Å². The van der Waals surface area contributed by atoms with Gasteiger partial charge in [-0.2, -0.15) is 0 Å². The number of anilines is 1. The third-order valence-corrected chi connectivity index (χ3v) is 5.71. The summed E-state index contributed by atoms with van der Waals surface area (Å²) in [6.45, 7) is 5.58. The van der Waals surface area contributed by atoms with Crippen molar-refractivity contribution in [2.24, 2.45) is 0 Å². The highest BCUT2D eigenvalue weighted by molar-refractivity contribution is 5.95. The Kier molecular flexibility index (Phi) is 5.60. The summed E-state index contributed by atoms with van der Waals surface area (Å²) in [5, 5.41) is 7.69. The Morgan fingerprint density at radius 3 is 3.00 bits per heavy atom. The van der Waals surface area contributed by atoms with Gasteiger partial charge in [0, 0.05) is 37.1 Å². The lowest BCUT2D eigenvalue weighted by Gasteiger charge is -2.27. The van der Waals surface area contributed by atoms with Gasteiger partial charge in [-0.1, -0.05) is 6.07 Å². The SMILES string of the molecule is COCCN1C(C)CC[C@H]1C(=O)Nc1ccc(C)c(-c2ncc3cccn3n2)c1. The molecule has 1 aliphatic heterocycles. The summed E-state index contributed by atoms with van der Waals surface area (Å²) in [5.41, 5.74) is 3.68. The van der Waals surface area contributed by atoms with E-state index in [1.807, 2.05) is 43.5 Å². The monoisotopic (exact) mass is 393 g/mol. The number of hydrogen-bond donors (Lipinski definition) is 1. The third-order valence-electron chi connectivity index (χ3n) is 5.71. The highest BCUT2D eigenvalue weighted by atomic mass is 16.5. The maximum absolute atomic E-state index is 13.0. The van der Waals surface area contributed by atoms with E-state index < -0.39 is 0 Å². The van der Waals surface area contributed by atoms with Crippen LogP contribution in [-0.2, 0) is 9.53 Å². The van der Waals surface area contributed by atoms with Crippen LogP contribution in [-0.4, -0.2) is 57.8 Å². The van der Waals surface area contributed by atoms with E-state index in [4.69, 9.17) is 4.74 Å². The minimum Gasteiger partial charge on any atom is -0.383 e. The lowest BCUT2D eigenvalue weighted by atomic mass is 10.1. The molecule has 1 fully saturated rings. The second-order valence-electron chi connectivity index (χ2n) is 7.65. The van der Waals surface area contributed by atoms with Gasteiger partial charge in [-0.05, 0) is 56.5 Å². The molecule has 0 saturated carbocycles. The smallest absolute Gasteiger partial charge is 0.241 e. The molecule has 1 amide bonds. The Morgan fingerprint density at radius 2 is 2.17 bits per heavy atom. The van der Waals surface area contributed by atoms with Crippen molar-refractivity contribution in [2.45, 2.75) is 38.8 Å². The van der Waals surface area contributed by atoms with Crippen molar-refractivity contribution in [3.05, 3.63) is 48.3 Å². The van der Waals surface area contributed by atoms with Crippen LogP contribution in [0.25, 0.3) is 16.9 Å². The van der Waals surface area contributed by atoms with Crippen LogP contribution in [0.1, 0.15) is 25.3 Å². The van der Waals surface area contributed by atoms with Crippen molar-refractivity contribution in [1.29, 1.82) is 0 Å². The number of ether oxygens (including phenoxy) is 1. The summed E-state index contributed by atoms with van der Waals surface area (Å²) < 4.78 is 7.02. The summed E-state index contributed by atoms with van der Waals surface area (Å²) in [6.07, 6.45) is 5.59. The van der Waals surface area contributed by atoms with Crippen LogP contribution in [0.3, 0.4) is 0 Å². The van der Waals surface area contributed by atoms with Crippen molar-refractivity contribution >= 4 is 17.1 Å². The van der Waals surface area contributed by atoms with E-state index in [2.05, 4.69) is 27.2 Å². The van der Waals surface area contributed by atoms with E-state index in [9.17, 15) is 4.79 Å². The number of methoxy groups -OCH3 is 1. The maximum Gasteiger partial charge on any atom is 0.241 e. The number of rotatable bonds is 6. The molecule has 29 heavy (non-hydrogen) atoms. The minimum atomic E-state index is -0.127. The number of likely N-dealkylation sites (tertiary alicyclic amines) is 1. The van der Waals surface area contributed by atoms with Crippen LogP contribution in [0.5, 0.6) is 0 Å². The normalized spacial score (nSPS) is 19.7. The number of amides is 1. The standard InChI is InChI=1S/C22H27N5O2/c1-15-6-8-17(13-19(15)21-23-14-18-5-4-10-27(18)25-21)24-22(28)20-9-7-16(2)26(20)11-12-29-3/h4-6,8,10,13-14,16,20H,7,9,11-12H2,1-3H3,(H,24,28)/t16?,20-/m0/s1. The zero-order chi connectivity index (χ0) is 20.4. The van der Waals surface area contributed by atoms with Crippen molar-refractivity contribution in [3.8, 4) is 11.4 Å². The number of aryl methyl sites for hydroxylation is 1. The molecule has 2 aromatic heterocycles. The van der Waals surface area contributed by atoms with Crippen LogP contribution in [0.15, 0.2) is 42.7 Å². The lowest BCUT2D eigenvalue weighted by Crippen LogP contribution is -2.44. The highest BCUT2D eigenvalue weighted by Gasteiger charge is 2.35. The van der Waals surface area contributed by atoms with Crippen LogP contribution >= 0.6 is 0 Å². The molecule has 7 heteroatoms. The number of carbonyl (C=O) groups is 1. The van der Waals surface area contributed by atoms with E-state index in [-0.39, 0.29) is 11.9 Å². The topological polar surface area (TPSA) is 71.8 Å². The average Bonchev–Trinajstić information content (AvgIpc) is 3.33. The van der Waals surface area contributed by atoms with E-state index >= 15 is 0 Å². The molecule has 152 valence electrons. The van der Waals surface area contributed by atoms with E-state index in [0.717, 1.165) is 41.7 Å². The molecule has 0 aliphatic carbocycles. The molecule has 1 aromatic carbocycles. The van der Waals surface area contributed by atoms with Gasteiger partial charge in [-0.25, -0.2) is 9.50 Å². The molecular weight excluding hydrogens is 366 g/mol. The van der Waals surface area contributed by atoms with Crippen molar-refractivity contribution in [1.82, 2.24) is 19.5 Å². The molecule has 1 aliphatic rings. The minimum absolute atomic E-state index is 0.0297. The number of nitrogens with one attached hydrogen (secondary N) is 1. The number of fused-ring (bicyclic) bond motifs is 1. The van der Waals surface area contributed by atoms with Crippen molar-refractivity contribution in [2.75, 3.05) is 25.6 Å². The van der Waals surface area contributed by atoms with Crippen LogP contribution in [0.2, 0.25) is 0 Å². The van der Waals surface area contributed by atoms with Crippen LogP contribution in [0.4, 0.5) is 5.69 Å². The summed E-state index contributed by atoms with van der Waals surface area (Å²) in [4.78, 5) is 19.7. The van der Waals surface area contributed by atoms with Crippen LogP contribution < -0.4 is 5.32 Å². The first-order valence-electron chi connectivity index (χ1n) is 10.0.